The lowest BCUT2D eigenvalue weighted by molar-refractivity contribution is 0.318. The van der Waals surface area contributed by atoms with E-state index in [9.17, 15) is 0 Å². The van der Waals surface area contributed by atoms with Crippen molar-refractivity contribution in [1.29, 1.82) is 0 Å². The number of nitrogens with one attached hydrogen (secondary N) is 1. The first-order valence-corrected chi connectivity index (χ1v) is 6.55. The molecule has 5 nitrogen and oxygen atoms in total. The van der Waals surface area contributed by atoms with Crippen molar-refractivity contribution in [2.75, 3.05) is 26.7 Å². The number of amidine groups is 1. The van der Waals surface area contributed by atoms with Crippen LogP contribution in [0.2, 0.25) is 0 Å². The molecule has 0 bridgehead atoms. The van der Waals surface area contributed by atoms with Gasteiger partial charge in [-0.25, -0.2) is 0 Å². The van der Waals surface area contributed by atoms with E-state index in [0.29, 0.717) is 0 Å². The van der Waals surface area contributed by atoms with Gasteiger partial charge >= 0.3 is 0 Å². The van der Waals surface area contributed by atoms with Crippen molar-refractivity contribution in [2.24, 2.45) is 10.9 Å². The van der Waals surface area contributed by atoms with Crippen LogP contribution in [0.5, 0.6) is 0 Å². The molecule has 0 aliphatic heterocycles. The molecule has 106 valence electrons. The molecule has 0 heterocycles. The average molecular weight is 264 g/mol. The fourth-order valence-corrected chi connectivity index (χ4v) is 1.76. The van der Waals surface area contributed by atoms with Crippen LogP contribution in [0.1, 0.15) is 23.6 Å². The summed E-state index contributed by atoms with van der Waals surface area (Å²) in [5.74, 6) is 0.146. The van der Waals surface area contributed by atoms with E-state index in [2.05, 4.69) is 29.3 Å². The lowest BCUT2D eigenvalue weighted by Crippen LogP contribution is -2.28. The number of aryl methyl sites for hydroxylation is 1. The minimum absolute atomic E-state index is 0.146. The van der Waals surface area contributed by atoms with Crippen molar-refractivity contribution >= 4 is 5.84 Å². The highest BCUT2D eigenvalue weighted by Crippen LogP contribution is 2.10. The van der Waals surface area contributed by atoms with Gasteiger partial charge in [-0.2, -0.15) is 0 Å². The number of hydrogen-bond acceptors (Lipinski definition) is 4. The number of hydrogen-bond donors (Lipinski definition) is 3. The smallest absolute Gasteiger partial charge is 0.170 e. The number of nitrogens with two attached hydrogens (primary N) is 1. The topological polar surface area (TPSA) is 73.9 Å². The summed E-state index contributed by atoms with van der Waals surface area (Å²) >= 11 is 0. The zero-order valence-electron chi connectivity index (χ0n) is 12.0. The monoisotopic (exact) mass is 264 g/mol. The first kappa shape index (κ1) is 15.5. The zero-order chi connectivity index (χ0) is 14.3. The second-order valence-electron chi connectivity index (χ2n) is 4.70. The largest absolute Gasteiger partial charge is 0.409 e. The Morgan fingerprint density at radius 2 is 2.21 bits per heavy atom. The molecule has 0 radical (unpaired) electrons. The van der Waals surface area contributed by atoms with Crippen LogP contribution in [-0.2, 0) is 6.54 Å². The molecule has 0 spiro atoms. The number of benzene rings is 1. The molecule has 0 aliphatic rings. The molecular formula is C14H24N4O. The van der Waals surface area contributed by atoms with Crippen LogP contribution in [0.25, 0.3) is 0 Å². The SMILES string of the molecule is CCN(C)CCNCc1ccc(/C(N)=N/O)cc1C. The molecule has 19 heavy (non-hydrogen) atoms. The second-order valence-corrected chi connectivity index (χ2v) is 4.70. The third-order valence-corrected chi connectivity index (χ3v) is 3.27. The molecule has 1 aromatic carbocycles. The fraction of sp³-hybridized carbons (Fsp3) is 0.500. The van der Waals surface area contributed by atoms with Crippen molar-refractivity contribution in [3.05, 3.63) is 34.9 Å². The Balaban J connectivity index is 2.51. The molecule has 0 saturated carbocycles. The van der Waals surface area contributed by atoms with Gasteiger partial charge in [-0.15, -0.1) is 0 Å². The minimum atomic E-state index is 0.146. The minimum Gasteiger partial charge on any atom is -0.409 e. The van der Waals surface area contributed by atoms with Gasteiger partial charge in [0.05, 0.1) is 0 Å². The maximum absolute atomic E-state index is 8.64. The lowest BCUT2D eigenvalue weighted by atomic mass is 10.0. The van der Waals surface area contributed by atoms with E-state index in [1.54, 1.807) is 0 Å². The van der Waals surface area contributed by atoms with E-state index in [0.717, 1.165) is 37.3 Å². The third-order valence-electron chi connectivity index (χ3n) is 3.27. The molecule has 0 atom stereocenters. The van der Waals surface area contributed by atoms with Gasteiger partial charge in [-0.05, 0) is 37.7 Å². The molecular weight excluding hydrogens is 240 g/mol. The summed E-state index contributed by atoms with van der Waals surface area (Å²) in [6, 6.07) is 5.82. The van der Waals surface area contributed by atoms with E-state index in [4.69, 9.17) is 10.9 Å². The molecule has 1 aromatic rings. The van der Waals surface area contributed by atoms with E-state index < -0.39 is 0 Å². The van der Waals surface area contributed by atoms with Crippen LogP contribution < -0.4 is 11.1 Å². The van der Waals surface area contributed by atoms with Gasteiger partial charge in [-0.1, -0.05) is 24.2 Å². The Morgan fingerprint density at radius 1 is 1.47 bits per heavy atom. The number of likely N-dealkylation sites (N-methyl/N-ethyl adjacent to an activating group) is 1. The molecule has 0 aromatic heterocycles. The van der Waals surface area contributed by atoms with Crippen LogP contribution in [0.3, 0.4) is 0 Å². The highest BCUT2D eigenvalue weighted by Gasteiger charge is 2.03. The summed E-state index contributed by atoms with van der Waals surface area (Å²) in [5, 5.41) is 15.1. The van der Waals surface area contributed by atoms with Gasteiger partial charge in [-0.3, -0.25) is 0 Å². The Labute approximate surface area is 115 Å². The lowest BCUT2D eigenvalue weighted by Gasteiger charge is -2.14. The van der Waals surface area contributed by atoms with Crippen LogP contribution in [0, 0.1) is 6.92 Å². The maximum Gasteiger partial charge on any atom is 0.170 e. The predicted molar refractivity (Wildman–Crippen MR) is 78.6 cm³/mol. The van der Waals surface area contributed by atoms with Crippen molar-refractivity contribution in [3.8, 4) is 0 Å². The molecule has 0 amide bonds. The number of rotatable bonds is 7. The van der Waals surface area contributed by atoms with Gasteiger partial charge < -0.3 is 21.2 Å². The number of nitrogens with zero attached hydrogens (tertiary/aromatic N) is 2. The molecule has 5 heteroatoms. The Hall–Kier alpha value is -1.59. The summed E-state index contributed by atoms with van der Waals surface area (Å²) < 4.78 is 0. The molecule has 0 unspecified atom stereocenters. The van der Waals surface area contributed by atoms with Gasteiger partial charge in [0.2, 0.25) is 0 Å². The predicted octanol–water partition coefficient (Wildman–Crippen LogP) is 1.13. The van der Waals surface area contributed by atoms with Gasteiger partial charge in [0.1, 0.15) is 0 Å². The third kappa shape index (κ3) is 4.89. The quantitative estimate of drug-likeness (QED) is 0.227. The van der Waals surface area contributed by atoms with Crippen LogP contribution in [-0.4, -0.2) is 42.6 Å². The van der Waals surface area contributed by atoms with Crippen LogP contribution in [0.4, 0.5) is 0 Å². The van der Waals surface area contributed by atoms with E-state index in [1.807, 2.05) is 25.1 Å². The van der Waals surface area contributed by atoms with Gasteiger partial charge in [0.25, 0.3) is 0 Å². The highest BCUT2D eigenvalue weighted by atomic mass is 16.4. The van der Waals surface area contributed by atoms with E-state index in [1.165, 1.54) is 5.56 Å². The first-order valence-electron chi connectivity index (χ1n) is 6.55. The zero-order valence-corrected chi connectivity index (χ0v) is 12.0. The van der Waals surface area contributed by atoms with Gasteiger partial charge in [0, 0.05) is 25.2 Å². The molecule has 0 saturated heterocycles. The fourth-order valence-electron chi connectivity index (χ4n) is 1.76. The van der Waals surface area contributed by atoms with Crippen molar-refractivity contribution < 1.29 is 5.21 Å². The summed E-state index contributed by atoms with van der Waals surface area (Å²) in [7, 11) is 2.11. The Bertz CT molecular complexity index is 431. The van der Waals surface area contributed by atoms with Crippen molar-refractivity contribution in [3.63, 3.8) is 0 Å². The van der Waals surface area contributed by atoms with E-state index in [-0.39, 0.29) is 5.84 Å². The summed E-state index contributed by atoms with van der Waals surface area (Å²) in [4.78, 5) is 2.27. The number of oxime groups is 1. The summed E-state index contributed by atoms with van der Waals surface area (Å²) in [5.41, 5.74) is 8.68. The molecule has 0 fully saturated rings. The van der Waals surface area contributed by atoms with Gasteiger partial charge in [0.15, 0.2) is 5.84 Å². The second kappa shape index (κ2) is 7.76. The standard InChI is InChI=1S/C14H24N4O/c1-4-18(3)8-7-16-10-13-6-5-12(9-11(13)2)14(15)17-19/h5-6,9,16,19H,4,7-8,10H2,1-3H3,(H2,15,17). The van der Waals surface area contributed by atoms with Crippen LogP contribution in [0.15, 0.2) is 23.4 Å². The summed E-state index contributed by atoms with van der Waals surface area (Å²) in [6.45, 7) is 8.08. The molecule has 1 rings (SSSR count). The first-order chi connectivity index (χ1) is 9.08. The summed E-state index contributed by atoms with van der Waals surface area (Å²) in [6.07, 6.45) is 0. The molecule has 0 aliphatic carbocycles. The van der Waals surface area contributed by atoms with E-state index >= 15 is 0 Å². The Morgan fingerprint density at radius 3 is 2.79 bits per heavy atom. The van der Waals surface area contributed by atoms with Crippen molar-refractivity contribution in [2.45, 2.75) is 20.4 Å². The Kier molecular flexibility index (Phi) is 6.32. The van der Waals surface area contributed by atoms with Crippen LogP contribution >= 0.6 is 0 Å². The maximum atomic E-state index is 8.64. The average Bonchev–Trinajstić information content (AvgIpc) is 2.43. The highest BCUT2D eigenvalue weighted by molar-refractivity contribution is 5.97. The van der Waals surface area contributed by atoms with Crippen molar-refractivity contribution in [1.82, 2.24) is 10.2 Å². The molecule has 4 N–H and O–H groups in total. The normalized spacial score (nSPS) is 12.1.